The number of sulfonamides is 1. The molecule has 1 aliphatic heterocycles. The molecule has 0 bridgehead atoms. The molecule has 0 aromatic carbocycles. The summed E-state index contributed by atoms with van der Waals surface area (Å²) in [6, 6.07) is 1.78. The van der Waals surface area contributed by atoms with Crippen LogP contribution in [0.4, 0.5) is 0 Å². The van der Waals surface area contributed by atoms with Gasteiger partial charge in [0, 0.05) is 40.9 Å². The third-order valence-electron chi connectivity index (χ3n) is 2.82. The zero-order chi connectivity index (χ0) is 13.2. The second-order valence-electron chi connectivity index (χ2n) is 4.32. The van der Waals surface area contributed by atoms with Gasteiger partial charge >= 0.3 is 0 Å². The molecular formula is C11H18N2O2S3. The fourth-order valence-corrected chi connectivity index (χ4v) is 5.94. The molecule has 0 saturated carbocycles. The summed E-state index contributed by atoms with van der Waals surface area (Å²) in [7, 11) is -1.43. The Bertz CT molecular complexity index is 498. The fourth-order valence-electron chi connectivity index (χ4n) is 1.92. The minimum atomic E-state index is -3.29. The molecule has 1 saturated heterocycles. The van der Waals surface area contributed by atoms with Crippen molar-refractivity contribution in [3.8, 4) is 0 Å². The van der Waals surface area contributed by atoms with Crippen LogP contribution in [0.5, 0.6) is 0 Å². The first kappa shape index (κ1) is 14.3. The van der Waals surface area contributed by atoms with Crippen molar-refractivity contribution >= 4 is 33.1 Å². The van der Waals surface area contributed by atoms with E-state index < -0.39 is 10.0 Å². The maximum absolute atomic E-state index is 12.5. The van der Waals surface area contributed by atoms with Gasteiger partial charge in [0.2, 0.25) is 10.0 Å². The van der Waals surface area contributed by atoms with Crippen molar-refractivity contribution in [2.45, 2.75) is 23.6 Å². The minimum Gasteiger partial charge on any atom is -0.315 e. The third-order valence-corrected chi connectivity index (χ3v) is 6.89. The van der Waals surface area contributed by atoms with Gasteiger partial charge in [0.25, 0.3) is 0 Å². The summed E-state index contributed by atoms with van der Waals surface area (Å²) >= 11 is 3.33. The molecule has 1 unspecified atom stereocenters. The van der Waals surface area contributed by atoms with Crippen LogP contribution in [0, 0.1) is 0 Å². The molecule has 1 atom stereocenters. The molecule has 1 aliphatic rings. The van der Waals surface area contributed by atoms with E-state index in [0.29, 0.717) is 29.8 Å². The zero-order valence-corrected chi connectivity index (χ0v) is 13.0. The molecule has 102 valence electrons. The van der Waals surface area contributed by atoms with Gasteiger partial charge in [0.05, 0.1) is 4.90 Å². The Kier molecular flexibility index (Phi) is 4.71. The second-order valence-corrected chi connectivity index (χ2v) is 8.80. The number of hydrogen-bond donors (Lipinski definition) is 1. The van der Waals surface area contributed by atoms with Crippen LogP contribution in [0.2, 0.25) is 0 Å². The Morgan fingerprint density at radius 2 is 2.33 bits per heavy atom. The maximum Gasteiger partial charge on any atom is 0.243 e. The van der Waals surface area contributed by atoms with Gasteiger partial charge in [-0.25, -0.2) is 8.42 Å². The molecule has 2 heterocycles. The molecule has 0 amide bonds. The molecule has 1 N–H and O–H groups in total. The number of rotatable bonds is 4. The predicted octanol–water partition coefficient (Wildman–Crippen LogP) is 1.59. The van der Waals surface area contributed by atoms with Crippen molar-refractivity contribution in [1.29, 1.82) is 0 Å². The largest absolute Gasteiger partial charge is 0.315 e. The Labute approximate surface area is 117 Å². The first-order chi connectivity index (χ1) is 8.54. The van der Waals surface area contributed by atoms with Gasteiger partial charge in [-0.1, -0.05) is 6.92 Å². The summed E-state index contributed by atoms with van der Waals surface area (Å²) in [6.45, 7) is 4.03. The Balaban J connectivity index is 2.18. The first-order valence-electron chi connectivity index (χ1n) is 5.88. The Morgan fingerprint density at radius 1 is 1.56 bits per heavy atom. The van der Waals surface area contributed by atoms with Crippen LogP contribution in [-0.4, -0.2) is 43.9 Å². The maximum atomic E-state index is 12.5. The number of hydrogen-bond acceptors (Lipinski definition) is 5. The number of nitrogens with one attached hydrogen (secondary N) is 1. The predicted molar refractivity (Wildman–Crippen MR) is 77.8 cm³/mol. The molecule has 7 heteroatoms. The van der Waals surface area contributed by atoms with Gasteiger partial charge in [-0.3, -0.25) is 0 Å². The molecule has 2 rings (SSSR count). The molecule has 4 nitrogen and oxygen atoms in total. The number of thiophene rings is 1. The van der Waals surface area contributed by atoms with E-state index in [1.807, 2.05) is 18.8 Å². The SMILES string of the molecule is CNCc1cc(S(=O)(=O)N2CCSC(C)C2)cs1. The number of thioether (sulfide) groups is 1. The number of nitrogens with zero attached hydrogens (tertiary/aromatic N) is 1. The standard InChI is InChI=1S/C11H18N2O2S3/c1-9-7-13(3-4-16-9)18(14,15)11-5-10(6-12-2)17-8-11/h5,8-9,12H,3-4,6-7H2,1-2H3. The lowest BCUT2D eigenvalue weighted by Gasteiger charge is -2.29. The highest BCUT2D eigenvalue weighted by Gasteiger charge is 2.29. The molecule has 18 heavy (non-hydrogen) atoms. The van der Waals surface area contributed by atoms with Crippen molar-refractivity contribution in [2.24, 2.45) is 0 Å². The lowest BCUT2D eigenvalue weighted by atomic mass is 10.4. The van der Waals surface area contributed by atoms with Crippen LogP contribution < -0.4 is 5.32 Å². The Hall–Kier alpha value is -0.0800. The van der Waals surface area contributed by atoms with Crippen LogP contribution in [0.1, 0.15) is 11.8 Å². The van der Waals surface area contributed by atoms with Gasteiger partial charge < -0.3 is 5.32 Å². The average molecular weight is 306 g/mol. The van der Waals surface area contributed by atoms with Gasteiger partial charge in [-0.15, -0.1) is 11.3 Å². The van der Waals surface area contributed by atoms with E-state index in [9.17, 15) is 8.42 Å². The van der Waals surface area contributed by atoms with Crippen LogP contribution >= 0.6 is 23.1 Å². The van der Waals surface area contributed by atoms with E-state index in [4.69, 9.17) is 0 Å². The van der Waals surface area contributed by atoms with Crippen LogP contribution in [0.25, 0.3) is 0 Å². The zero-order valence-electron chi connectivity index (χ0n) is 10.5. The van der Waals surface area contributed by atoms with Crippen molar-refractivity contribution in [2.75, 3.05) is 25.9 Å². The molecule has 1 aromatic rings. The highest BCUT2D eigenvalue weighted by Crippen LogP contribution is 2.27. The summed E-state index contributed by atoms with van der Waals surface area (Å²) < 4.78 is 26.5. The van der Waals surface area contributed by atoms with Crippen LogP contribution in [0.3, 0.4) is 0 Å². The van der Waals surface area contributed by atoms with Gasteiger partial charge in [0.15, 0.2) is 0 Å². The molecular weight excluding hydrogens is 288 g/mol. The Morgan fingerprint density at radius 3 is 3.00 bits per heavy atom. The monoisotopic (exact) mass is 306 g/mol. The summed E-state index contributed by atoms with van der Waals surface area (Å²) in [6.07, 6.45) is 0. The van der Waals surface area contributed by atoms with Gasteiger partial charge in [-0.2, -0.15) is 16.1 Å². The van der Waals surface area contributed by atoms with Crippen molar-refractivity contribution in [1.82, 2.24) is 9.62 Å². The molecule has 0 radical (unpaired) electrons. The summed E-state index contributed by atoms with van der Waals surface area (Å²) in [5.41, 5.74) is 0. The van der Waals surface area contributed by atoms with Gasteiger partial charge in [0.1, 0.15) is 0 Å². The van der Waals surface area contributed by atoms with E-state index >= 15 is 0 Å². The van der Waals surface area contributed by atoms with Crippen LogP contribution in [-0.2, 0) is 16.6 Å². The van der Waals surface area contributed by atoms with E-state index in [1.54, 1.807) is 15.8 Å². The van der Waals surface area contributed by atoms with E-state index in [2.05, 4.69) is 12.2 Å². The molecule has 1 aromatic heterocycles. The summed E-state index contributed by atoms with van der Waals surface area (Å²) in [5.74, 6) is 0.883. The van der Waals surface area contributed by atoms with Crippen molar-refractivity contribution in [3.05, 3.63) is 16.3 Å². The van der Waals surface area contributed by atoms with Crippen LogP contribution in [0.15, 0.2) is 16.3 Å². The minimum absolute atomic E-state index is 0.379. The van der Waals surface area contributed by atoms with E-state index in [0.717, 1.165) is 10.6 Å². The summed E-state index contributed by atoms with van der Waals surface area (Å²) in [5, 5.41) is 5.16. The van der Waals surface area contributed by atoms with Crippen molar-refractivity contribution < 1.29 is 8.42 Å². The second kappa shape index (κ2) is 5.92. The lowest BCUT2D eigenvalue weighted by Crippen LogP contribution is -2.40. The smallest absolute Gasteiger partial charge is 0.243 e. The van der Waals surface area contributed by atoms with E-state index in [1.165, 1.54) is 11.3 Å². The normalized spacial score (nSPS) is 22.2. The summed E-state index contributed by atoms with van der Waals surface area (Å²) in [4.78, 5) is 1.49. The quantitative estimate of drug-likeness (QED) is 0.918. The highest BCUT2D eigenvalue weighted by atomic mass is 32.2. The third kappa shape index (κ3) is 3.08. The van der Waals surface area contributed by atoms with Gasteiger partial charge in [-0.05, 0) is 13.1 Å². The highest BCUT2D eigenvalue weighted by molar-refractivity contribution is 8.00. The van der Waals surface area contributed by atoms with E-state index in [-0.39, 0.29) is 0 Å². The molecule has 0 spiro atoms. The molecule has 0 aliphatic carbocycles. The first-order valence-corrected chi connectivity index (χ1v) is 9.24. The topological polar surface area (TPSA) is 49.4 Å². The fraction of sp³-hybridized carbons (Fsp3) is 0.636. The van der Waals surface area contributed by atoms with Crippen molar-refractivity contribution in [3.63, 3.8) is 0 Å². The molecule has 1 fully saturated rings. The lowest BCUT2D eigenvalue weighted by molar-refractivity contribution is 0.424. The average Bonchev–Trinajstić information content (AvgIpc) is 2.79.